The number of ether oxygens (including phenoxy) is 2. The molecule has 1 aromatic heterocycles. The molecule has 0 saturated carbocycles. The molecule has 0 bridgehead atoms. The number of rotatable bonds is 4. The van der Waals surface area contributed by atoms with E-state index in [9.17, 15) is 9.59 Å². The highest BCUT2D eigenvalue weighted by Gasteiger charge is 2.16. The second kappa shape index (κ2) is 6.26. The zero-order valence-electron chi connectivity index (χ0n) is 12.3. The summed E-state index contributed by atoms with van der Waals surface area (Å²) in [6, 6.07) is 10.5. The third kappa shape index (κ3) is 3.31. The maximum absolute atomic E-state index is 12.2. The lowest BCUT2D eigenvalue weighted by molar-refractivity contribution is -0.139. The smallest absolute Gasteiger partial charge is 0.360 e. The minimum absolute atomic E-state index is 0.0616. The number of aryl methyl sites for hydroxylation is 1. The first-order chi connectivity index (χ1) is 10.0. The highest BCUT2D eigenvalue weighted by atomic mass is 16.5. The van der Waals surface area contributed by atoms with E-state index in [1.54, 1.807) is 41.9 Å². The van der Waals surface area contributed by atoms with E-state index in [0.29, 0.717) is 17.0 Å². The van der Waals surface area contributed by atoms with Crippen molar-refractivity contribution in [2.45, 2.75) is 13.3 Å². The number of nitrogens with zero attached hydrogens (tertiary/aromatic N) is 1. The van der Waals surface area contributed by atoms with E-state index < -0.39 is 5.97 Å². The van der Waals surface area contributed by atoms with Crippen molar-refractivity contribution in [3.05, 3.63) is 53.3 Å². The summed E-state index contributed by atoms with van der Waals surface area (Å²) < 4.78 is 11.8. The molecule has 2 rings (SSSR count). The van der Waals surface area contributed by atoms with Crippen LogP contribution >= 0.6 is 0 Å². The number of carbonyl (C=O) groups excluding carboxylic acids is 2. The molecular formula is C16H17NO4. The van der Waals surface area contributed by atoms with Crippen molar-refractivity contribution in [1.29, 1.82) is 0 Å². The summed E-state index contributed by atoms with van der Waals surface area (Å²) in [4.78, 5) is 23.6. The standard InChI is InChI=1S/C16H17NO4/c1-11-8-9-13(17(11)2)16(19)21-14-7-5-4-6-12(14)10-15(18)20-3/h4-9H,10H2,1-3H3. The number of esters is 2. The Kier molecular flexibility index (Phi) is 4.42. The number of hydrogen-bond donors (Lipinski definition) is 0. The zero-order valence-corrected chi connectivity index (χ0v) is 12.3. The van der Waals surface area contributed by atoms with Crippen molar-refractivity contribution in [2.24, 2.45) is 7.05 Å². The summed E-state index contributed by atoms with van der Waals surface area (Å²) in [5, 5.41) is 0. The van der Waals surface area contributed by atoms with E-state index in [0.717, 1.165) is 5.69 Å². The van der Waals surface area contributed by atoms with Crippen LogP contribution < -0.4 is 4.74 Å². The molecule has 0 spiro atoms. The fourth-order valence-corrected chi connectivity index (χ4v) is 1.95. The molecule has 0 aliphatic rings. The van der Waals surface area contributed by atoms with Crippen LogP contribution in [0.2, 0.25) is 0 Å². The van der Waals surface area contributed by atoms with Gasteiger partial charge < -0.3 is 14.0 Å². The number of para-hydroxylation sites is 1. The topological polar surface area (TPSA) is 57.5 Å². The van der Waals surface area contributed by atoms with Crippen molar-refractivity contribution in [3.8, 4) is 5.75 Å². The summed E-state index contributed by atoms with van der Waals surface area (Å²) in [5.74, 6) is -0.470. The Morgan fingerprint density at radius 3 is 2.48 bits per heavy atom. The fourth-order valence-electron chi connectivity index (χ4n) is 1.95. The molecule has 1 heterocycles. The lowest BCUT2D eigenvalue weighted by Gasteiger charge is -2.10. The second-order valence-corrected chi connectivity index (χ2v) is 4.67. The molecule has 21 heavy (non-hydrogen) atoms. The van der Waals surface area contributed by atoms with E-state index in [1.807, 2.05) is 13.0 Å². The van der Waals surface area contributed by atoms with Crippen LogP contribution in [0.1, 0.15) is 21.7 Å². The third-order valence-corrected chi connectivity index (χ3v) is 3.32. The van der Waals surface area contributed by atoms with Gasteiger partial charge in [0.2, 0.25) is 0 Å². The maximum atomic E-state index is 12.2. The number of aromatic nitrogens is 1. The molecule has 0 saturated heterocycles. The van der Waals surface area contributed by atoms with Gasteiger partial charge >= 0.3 is 11.9 Å². The van der Waals surface area contributed by atoms with Crippen LogP contribution in [0.4, 0.5) is 0 Å². The van der Waals surface area contributed by atoms with Gasteiger partial charge in [-0.05, 0) is 25.1 Å². The predicted octanol–water partition coefficient (Wildman–Crippen LogP) is 2.27. The van der Waals surface area contributed by atoms with Gasteiger partial charge in [0.05, 0.1) is 13.5 Å². The molecule has 0 fully saturated rings. The lowest BCUT2D eigenvalue weighted by Crippen LogP contribution is -2.15. The highest BCUT2D eigenvalue weighted by molar-refractivity contribution is 5.90. The van der Waals surface area contributed by atoms with Crippen molar-refractivity contribution < 1.29 is 19.1 Å². The Morgan fingerprint density at radius 1 is 1.14 bits per heavy atom. The van der Waals surface area contributed by atoms with Gasteiger partial charge in [-0.25, -0.2) is 4.79 Å². The Bertz CT molecular complexity index is 673. The van der Waals surface area contributed by atoms with Crippen molar-refractivity contribution in [1.82, 2.24) is 4.57 Å². The first-order valence-electron chi connectivity index (χ1n) is 6.52. The van der Waals surface area contributed by atoms with Gasteiger partial charge in [-0.3, -0.25) is 4.79 Å². The van der Waals surface area contributed by atoms with Gasteiger partial charge in [-0.1, -0.05) is 18.2 Å². The molecule has 0 unspecified atom stereocenters. The predicted molar refractivity (Wildman–Crippen MR) is 77.3 cm³/mol. The minimum atomic E-state index is -0.456. The minimum Gasteiger partial charge on any atom is -0.469 e. The van der Waals surface area contributed by atoms with E-state index in [4.69, 9.17) is 4.74 Å². The van der Waals surface area contributed by atoms with Crippen molar-refractivity contribution >= 4 is 11.9 Å². The quantitative estimate of drug-likeness (QED) is 0.639. The molecule has 0 aliphatic heterocycles. The van der Waals surface area contributed by atoms with Crippen LogP contribution in [0.3, 0.4) is 0 Å². The van der Waals surface area contributed by atoms with Gasteiger partial charge in [0.1, 0.15) is 11.4 Å². The number of methoxy groups -OCH3 is 1. The van der Waals surface area contributed by atoms with E-state index in [-0.39, 0.29) is 12.4 Å². The fraction of sp³-hybridized carbons (Fsp3) is 0.250. The Balaban J connectivity index is 2.21. The van der Waals surface area contributed by atoms with Crippen LogP contribution in [-0.2, 0) is 23.0 Å². The van der Waals surface area contributed by atoms with Crippen LogP contribution in [0.15, 0.2) is 36.4 Å². The summed E-state index contributed by atoms with van der Waals surface area (Å²) in [7, 11) is 3.12. The second-order valence-electron chi connectivity index (χ2n) is 4.67. The Morgan fingerprint density at radius 2 is 1.86 bits per heavy atom. The third-order valence-electron chi connectivity index (χ3n) is 3.32. The molecule has 2 aromatic rings. The molecule has 0 radical (unpaired) electrons. The molecular weight excluding hydrogens is 270 g/mol. The van der Waals surface area contributed by atoms with Crippen LogP contribution in [0.5, 0.6) is 5.75 Å². The van der Waals surface area contributed by atoms with Gasteiger partial charge in [0, 0.05) is 18.3 Å². The molecule has 5 heteroatoms. The molecule has 0 N–H and O–H groups in total. The van der Waals surface area contributed by atoms with E-state index in [1.165, 1.54) is 7.11 Å². The molecule has 1 aromatic carbocycles. The molecule has 110 valence electrons. The molecule has 5 nitrogen and oxygen atoms in total. The molecule has 0 aliphatic carbocycles. The van der Waals surface area contributed by atoms with Crippen molar-refractivity contribution in [3.63, 3.8) is 0 Å². The summed E-state index contributed by atoms with van der Waals surface area (Å²) >= 11 is 0. The lowest BCUT2D eigenvalue weighted by atomic mass is 10.1. The van der Waals surface area contributed by atoms with Gasteiger partial charge in [0.15, 0.2) is 0 Å². The summed E-state index contributed by atoms with van der Waals surface area (Å²) in [5.41, 5.74) is 2.04. The van der Waals surface area contributed by atoms with Crippen molar-refractivity contribution in [2.75, 3.05) is 7.11 Å². The molecule has 0 amide bonds. The van der Waals surface area contributed by atoms with E-state index in [2.05, 4.69) is 4.74 Å². The van der Waals surface area contributed by atoms with Gasteiger partial charge in [0.25, 0.3) is 0 Å². The SMILES string of the molecule is COC(=O)Cc1ccccc1OC(=O)c1ccc(C)n1C. The summed E-state index contributed by atoms with van der Waals surface area (Å²) in [6.07, 6.45) is 0.0616. The van der Waals surface area contributed by atoms with Gasteiger partial charge in [-0.15, -0.1) is 0 Å². The monoisotopic (exact) mass is 287 g/mol. The average Bonchev–Trinajstić information content (AvgIpc) is 2.81. The van der Waals surface area contributed by atoms with Crippen LogP contribution in [-0.4, -0.2) is 23.6 Å². The largest absolute Gasteiger partial charge is 0.469 e. The first-order valence-corrected chi connectivity index (χ1v) is 6.52. The average molecular weight is 287 g/mol. The Labute approximate surface area is 123 Å². The first kappa shape index (κ1) is 14.8. The number of benzene rings is 1. The van der Waals surface area contributed by atoms with E-state index >= 15 is 0 Å². The Hall–Kier alpha value is -2.56. The normalized spacial score (nSPS) is 10.2. The number of hydrogen-bond acceptors (Lipinski definition) is 4. The zero-order chi connectivity index (χ0) is 15.4. The molecule has 0 atom stereocenters. The summed E-state index contributed by atoms with van der Waals surface area (Å²) in [6.45, 7) is 1.90. The van der Waals surface area contributed by atoms with Crippen LogP contribution in [0, 0.1) is 6.92 Å². The van der Waals surface area contributed by atoms with Gasteiger partial charge in [-0.2, -0.15) is 0 Å². The highest BCUT2D eigenvalue weighted by Crippen LogP contribution is 2.20. The maximum Gasteiger partial charge on any atom is 0.360 e. The number of carbonyl (C=O) groups is 2. The van der Waals surface area contributed by atoms with Crippen LogP contribution in [0.25, 0.3) is 0 Å².